The highest BCUT2D eigenvalue weighted by molar-refractivity contribution is 6.31. The van der Waals surface area contributed by atoms with E-state index in [-0.39, 0.29) is 17.3 Å². The lowest BCUT2D eigenvalue weighted by Crippen LogP contribution is -2.41. The second-order valence-corrected chi connectivity index (χ2v) is 8.36. The van der Waals surface area contributed by atoms with Crippen molar-refractivity contribution >= 4 is 17.7 Å². The molecule has 8 nitrogen and oxygen atoms in total. The molecule has 1 aliphatic rings. The van der Waals surface area contributed by atoms with Crippen LogP contribution in [0.25, 0.3) is 11.3 Å². The normalized spacial score (nSPS) is 19.9. The Hall–Kier alpha value is -2.35. The quantitative estimate of drug-likeness (QED) is 0.726. The number of carbonyl (C=O) groups is 1. The van der Waals surface area contributed by atoms with Crippen LogP contribution >= 0.6 is 11.6 Å². The number of rotatable bonds is 5. The number of hydrogen-bond donors (Lipinski definition) is 2. The number of amides is 1. The van der Waals surface area contributed by atoms with Crippen molar-refractivity contribution in [3.8, 4) is 17.0 Å². The summed E-state index contributed by atoms with van der Waals surface area (Å²) in [5.41, 5.74) is 0.928. The number of aromatic amines is 1. The van der Waals surface area contributed by atoms with Crippen molar-refractivity contribution in [1.29, 1.82) is 0 Å². The van der Waals surface area contributed by atoms with Gasteiger partial charge in [-0.1, -0.05) is 11.6 Å². The molecule has 2 N–H and O–H groups in total. The van der Waals surface area contributed by atoms with E-state index in [9.17, 15) is 4.79 Å². The molecule has 1 aliphatic carbocycles. The maximum atomic E-state index is 11.9. The van der Waals surface area contributed by atoms with Crippen LogP contribution < -0.4 is 10.1 Å². The molecule has 28 heavy (non-hydrogen) atoms. The van der Waals surface area contributed by atoms with Crippen LogP contribution in [0.2, 0.25) is 5.15 Å². The van der Waals surface area contributed by atoms with Gasteiger partial charge >= 0.3 is 6.09 Å². The third-order valence-corrected chi connectivity index (χ3v) is 4.83. The van der Waals surface area contributed by atoms with Crippen molar-refractivity contribution in [2.24, 2.45) is 5.92 Å². The number of nitrogens with zero attached hydrogens (tertiary/aromatic N) is 3. The molecule has 0 aromatic carbocycles. The minimum absolute atomic E-state index is 0.135. The van der Waals surface area contributed by atoms with E-state index in [1.165, 1.54) is 6.33 Å². The highest BCUT2D eigenvalue weighted by atomic mass is 35.5. The van der Waals surface area contributed by atoms with Crippen molar-refractivity contribution in [3.05, 3.63) is 23.9 Å². The van der Waals surface area contributed by atoms with Gasteiger partial charge in [0.1, 0.15) is 17.6 Å². The summed E-state index contributed by atoms with van der Waals surface area (Å²) >= 11 is 6.23. The molecule has 0 saturated heterocycles. The van der Waals surface area contributed by atoms with E-state index in [1.54, 1.807) is 12.4 Å². The highest BCUT2D eigenvalue weighted by Crippen LogP contribution is 2.34. The summed E-state index contributed by atoms with van der Waals surface area (Å²) in [6.07, 6.45) is 8.13. The number of nitrogens with one attached hydrogen (secondary N) is 2. The molecular formula is C19H26ClN5O3. The Bertz CT molecular complexity index is 783. The van der Waals surface area contributed by atoms with E-state index >= 15 is 0 Å². The summed E-state index contributed by atoms with van der Waals surface area (Å²) in [6.45, 7) is 6.10. The largest absolute Gasteiger partial charge is 0.488 e. The molecule has 2 heterocycles. The Kier molecular flexibility index (Phi) is 6.39. The molecule has 1 saturated carbocycles. The Balaban J connectivity index is 1.51. The zero-order valence-corrected chi connectivity index (χ0v) is 17.1. The standard InChI is InChI=1S/C19H26ClN5O3/c1-19(2,3)28-18(26)25-14-6-4-12(5-7-14)10-27-16-15(13-8-23-24-9-13)21-11-22-17(16)20/h8-9,11-12,14H,4-7,10H2,1-3H3,(H,23,24)(H,25,26). The number of carbonyl (C=O) groups excluding carboxylic acids is 1. The number of ether oxygens (including phenoxy) is 2. The number of H-pyrrole nitrogens is 1. The smallest absolute Gasteiger partial charge is 0.407 e. The monoisotopic (exact) mass is 407 g/mol. The summed E-state index contributed by atoms with van der Waals surface area (Å²) in [5, 5.41) is 9.94. The second kappa shape index (κ2) is 8.77. The third kappa shape index (κ3) is 5.58. The minimum Gasteiger partial charge on any atom is -0.488 e. The second-order valence-electron chi connectivity index (χ2n) is 8.00. The Morgan fingerprint density at radius 1 is 1.29 bits per heavy atom. The molecule has 0 bridgehead atoms. The molecule has 0 radical (unpaired) electrons. The molecule has 0 aliphatic heterocycles. The Morgan fingerprint density at radius 2 is 2.04 bits per heavy atom. The van der Waals surface area contributed by atoms with Crippen molar-refractivity contribution in [2.75, 3.05) is 6.61 Å². The van der Waals surface area contributed by atoms with E-state index in [4.69, 9.17) is 21.1 Å². The van der Waals surface area contributed by atoms with Gasteiger partial charge in [-0.25, -0.2) is 14.8 Å². The van der Waals surface area contributed by atoms with Crippen LogP contribution in [0.3, 0.4) is 0 Å². The molecule has 0 unspecified atom stereocenters. The maximum absolute atomic E-state index is 11.9. The SMILES string of the molecule is CC(C)(C)OC(=O)NC1CCC(COc2c(Cl)ncnc2-c2cn[nH]c2)CC1. The van der Waals surface area contributed by atoms with Gasteiger partial charge in [0, 0.05) is 17.8 Å². The van der Waals surface area contributed by atoms with Gasteiger partial charge in [-0.05, 0) is 52.4 Å². The van der Waals surface area contributed by atoms with Crippen LogP contribution in [0, 0.1) is 5.92 Å². The molecule has 0 atom stereocenters. The summed E-state index contributed by atoms with van der Waals surface area (Å²) < 4.78 is 11.3. The summed E-state index contributed by atoms with van der Waals surface area (Å²) in [5.74, 6) is 0.852. The van der Waals surface area contributed by atoms with Gasteiger partial charge in [-0.2, -0.15) is 5.10 Å². The first-order chi connectivity index (χ1) is 13.3. The lowest BCUT2D eigenvalue weighted by atomic mass is 9.86. The van der Waals surface area contributed by atoms with Gasteiger partial charge in [0.2, 0.25) is 0 Å². The van der Waals surface area contributed by atoms with E-state index < -0.39 is 5.60 Å². The van der Waals surface area contributed by atoms with Gasteiger partial charge in [-0.3, -0.25) is 5.10 Å². The van der Waals surface area contributed by atoms with Crippen LogP contribution in [0.5, 0.6) is 5.75 Å². The van der Waals surface area contributed by atoms with Gasteiger partial charge < -0.3 is 14.8 Å². The van der Waals surface area contributed by atoms with Gasteiger partial charge in [0.25, 0.3) is 0 Å². The van der Waals surface area contributed by atoms with Gasteiger partial charge in [-0.15, -0.1) is 0 Å². The van der Waals surface area contributed by atoms with Crippen LogP contribution in [-0.2, 0) is 4.74 Å². The molecule has 152 valence electrons. The average Bonchev–Trinajstić information content (AvgIpc) is 3.14. The third-order valence-electron chi connectivity index (χ3n) is 4.56. The molecule has 3 rings (SSSR count). The zero-order chi connectivity index (χ0) is 20.1. The number of aromatic nitrogens is 4. The first kappa shape index (κ1) is 20.4. The fraction of sp³-hybridized carbons (Fsp3) is 0.579. The predicted molar refractivity (Wildman–Crippen MR) is 105 cm³/mol. The molecule has 2 aromatic rings. The summed E-state index contributed by atoms with van der Waals surface area (Å²) in [4.78, 5) is 20.2. The number of hydrogen-bond acceptors (Lipinski definition) is 6. The fourth-order valence-corrected chi connectivity index (χ4v) is 3.40. The Labute approximate surface area is 169 Å². The van der Waals surface area contributed by atoms with E-state index in [0.29, 0.717) is 24.0 Å². The topological polar surface area (TPSA) is 102 Å². The first-order valence-corrected chi connectivity index (χ1v) is 9.81. The van der Waals surface area contributed by atoms with Crippen LogP contribution in [0.15, 0.2) is 18.7 Å². The van der Waals surface area contributed by atoms with Gasteiger partial charge in [0.05, 0.1) is 12.8 Å². The lowest BCUT2D eigenvalue weighted by Gasteiger charge is -2.30. The summed E-state index contributed by atoms with van der Waals surface area (Å²) in [7, 11) is 0. The van der Waals surface area contributed by atoms with E-state index in [2.05, 4.69) is 25.5 Å². The molecule has 9 heteroatoms. The molecule has 1 amide bonds. The van der Waals surface area contributed by atoms with Crippen LogP contribution in [-0.4, -0.2) is 44.5 Å². The van der Waals surface area contributed by atoms with Crippen molar-refractivity contribution in [2.45, 2.75) is 58.1 Å². The molecule has 1 fully saturated rings. The van der Waals surface area contributed by atoms with Crippen LogP contribution in [0.4, 0.5) is 4.79 Å². The van der Waals surface area contributed by atoms with Crippen molar-refractivity contribution in [1.82, 2.24) is 25.5 Å². The maximum Gasteiger partial charge on any atom is 0.407 e. The highest BCUT2D eigenvalue weighted by Gasteiger charge is 2.26. The van der Waals surface area contributed by atoms with Gasteiger partial charge in [0.15, 0.2) is 10.9 Å². The average molecular weight is 408 g/mol. The lowest BCUT2D eigenvalue weighted by molar-refractivity contribution is 0.0483. The van der Waals surface area contributed by atoms with Crippen molar-refractivity contribution in [3.63, 3.8) is 0 Å². The number of alkyl carbamates (subject to hydrolysis) is 1. The Morgan fingerprint density at radius 3 is 2.68 bits per heavy atom. The zero-order valence-electron chi connectivity index (χ0n) is 16.4. The fourth-order valence-electron chi connectivity index (χ4n) is 3.22. The number of halogens is 1. The van der Waals surface area contributed by atoms with E-state index in [1.807, 2.05) is 20.8 Å². The first-order valence-electron chi connectivity index (χ1n) is 9.44. The van der Waals surface area contributed by atoms with E-state index in [0.717, 1.165) is 31.2 Å². The molecular weight excluding hydrogens is 382 g/mol. The van der Waals surface area contributed by atoms with Crippen molar-refractivity contribution < 1.29 is 14.3 Å². The van der Waals surface area contributed by atoms with Crippen LogP contribution in [0.1, 0.15) is 46.5 Å². The molecule has 0 spiro atoms. The predicted octanol–water partition coefficient (Wildman–Crippen LogP) is 3.98. The summed E-state index contributed by atoms with van der Waals surface area (Å²) in [6, 6.07) is 0.135. The molecule has 2 aromatic heterocycles. The minimum atomic E-state index is -0.487.